The maximum Gasteiger partial charge on any atom is 0.573 e. The number of carbonyl (C=O) groups excluding carboxylic acids is 1. The second kappa shape index (κ2) is 6.00. The van der Waals surface area contributed by atoms with Crippen LogP contribution in [0.1, 0.15) is 13.8 Å². The third kappa shape index (κ3) is 6.83. The number of hydrogen-bond acceptors (Lipinski definition) is 4. The highest BCUT2D eigenvalue weighted by Gasteiger charge is 2.30. The zero-order valence-corrected chi connectivity index (χ0v) is 11.0. The third-order valence-electron chi connectivity index (χ3n) is 1.91. The Kier molecular flexibility index (Phi) is 4.83. The summed E-state index contributed by atoms with van der Waals surface area (Å²) in [7, 11) is 0. The number of anilines is 1. The van der Waals surface area contributed by atoms with E-state index in [1.54, 1.807) is 13.8 Å². The summed E-state index contributed by atoms with van der Waals surface area (Å²) in [5.74, 6) is -0.375. The molecule has 5 nitrogen and oxygen atoms in total. The van der Waals surface area contributed by atoms with Crippen LogP contribution < -0.4 is 15.8 Å². The van der Waals surface area contributed by atoms with E-state index in [2.05, 4.69) is 10.1 Å². The number of halogens is 3. The molecule has 0 aromatic heterocycles. The van der Waals surface area contributed by atoms with Gasteiger partial charge in [0.05, 0.1) is 0 Å². The van der Waals surface area contributed by atoms with Crippen molar-refractivity contribution in [3.8, 4) is 5.75 Å². The van der Waals surface area contributed by atoms with Gasteiger partial charge in [0.15, 0.2) is 0 Å². The van der Waals surface area contributed by atoms with E-state index >= 15 is 0 Å². The van der Waals surface area contributed by atoms with E-state index in [4.69, 9.17) is 10.5 Å². The van der Waals surface area contributed by atoms with Crippen LogP contribution in [0, 0.1) is 0 Å². The number of amides is 1. The van der Waals surface area contributed by atoms with Crippen LogP contribution in [0.4, 0.5) is 23.7 Å². The van der Waals surface area contributed by atoms with Gasteiger partial charge < -0.3 is 15.2 Å². The summed E-state index contributed by atoms with van der Waals surface area (Å²) in [6.07, 6.45) is -5.49. The molecule has 0 aliphatic rings. The first kappa shape index (κ1) is 16.1. The Balaban J connectivity index is 2.51. The molecule has 0 saturated heterocycles. The number of carbonyl (C=O) groups is 1. The second-order valence-corrected chi connectivity index (χ2v) is 4.76. The number of ether oxygens (including phenoxy) is 2. The van der Waals surface area contributed by atoms with Crippen LogP contribution in [0.25, 0.3) is 0 Å². The summed E-state index contributed by atoms with van der Waals surface area (Å²) in [6, 6.07) is 4.68. The SMILES string of the molecule is CC(C)(N)COC(=O)Nc1ccc(OC(F)(F)F)cc1. The monoisotopic (exact) mass is 292 g/mol. The number of nitrogens with two attached hydrogens (primary N) is 1. The molecule has 0 radical (unpaired) electrons. The van der Waals surface area contributed by atoms with Gasteiger partial charge in [-0.05, 0) is 38.1 Å². The molecular weight excluding hydrogens is 277 g/mol. The summed E-state index contributed by atoms with van der Waals surface area (Å²) in [5.41, 5.74) is 5.24. The fourth-order valence-electron chi connectivity index (χ4n) is 1.15. The van der Waals surface area contributed by atoms with Crippen LogP contribution in [0.2, 0.25) is 0 Å². The highest BCUT2D eigenvalue weighted by atomic mass is 19.4. The molecule has 0 unspecified atom stereocenters. The topological polar surface area (TPSA) is 73.6 Å². The molecule has 8 heteroatoms. The number of nitrogens with one attached hydrogen (secondary N) is 1. The highest BCUT2D eigenvalue weighted by molar-refractivity contribution is 5.84. The molecular formula is C12H15F3N2O3. The molecule has 0 aliphatic carbocycles. The lowest BCUT2D eigenvalue weighted by atomic mass is 10.1. The Morgan fingerprint density at radius 2 is 1.80 bits per heavy atom. The van der Waals surface area contributed by atoms with Crippen molar-refractivity contribution in [1.29, 1.82) is 0 Å². The number of rotatable bonds is 4. The average Bonchev–Trinajstić information content (AvgIpc) is 2.26. The summed E-state index contributed by atoms with van der Waals surface area (Å²) >= 11 is 0. The van der Waals surface area contributed by atoms with Gasteiger partial charge in [0.25, 0.3) is 0 Å². The van der Waals surface area contributed by atoms with Gasteiger partial charge in [-0.15, -0.1) is 13.2 Å². The van der Waals surface area contributed by atoms with E-state index in [0.29, 0.717) is 0 Å². The molecule has 1 aromatic rings. The minimum absolute atomic E-state index is 0.00804. The Hall–Kier alpha value is -1.96. The number of benzene rings is 1. The second-order valence-electron chi connectivity index (χ2n) is 4.76. The van der Waals surface area contributed by atoms with E-state index < -0.39 is 18.0 Å². The summed E-state index contributed by atoms with van der Waals surface area (Å²) in [6.45, 7) is 3.38. The minimum atomic E-state index is -4.75. The van der Waals surface area contributed by atoms with E-state index in [1.165, 1.54) is 12.1 Å². The van der Waals surface area contributed by atoms with Crippen LogP contribution >= 0.6 is 0 Å². The Bertz CT molecular complexity index is 453. The summed E-state index contributed by atoms with van der Waals surface area (Å²) in [4.78, 5) is 11.4. The van der Waals surface area contributed by atoms with Crippen LogP contribution in [0.3, 0.4) is 0 Å². The van der Waals surface area contributed by atoms with E-state index in [9.17, 15) is 18.0 Å². The van der Waals surface area contributed by atoms with Gasteiger partial charge in [-0.25, -0.2) is 4.79 Å². The summed E-state index contributed by atoms with van der Waals surface area (Å²) in [5, 5.41) is 2.35. The molecule has 0 aliphatic heterocycles. The zero-order chi connectivity index (χ0) is 15.4. The first-order chi connectivity index (χ1) is 9.05. The van der Waals surface area contributed by atoms with Crippen molar-refractivity contribution in [2.24, 2.45) is 5.73 Å². The molecule has 1 amide bonds. The molecule has 0 spiro atoms. The van der Waals surface area contributed by atoms with Gasteiger partial charge in [-0.2, -0.15) is 0 Å². The highest BCUT2D eigenvalue weighted by Crippen LogP contribution is 2.23. The van der Waals surface area contributed by atoms with E-state index in [1.807, 2.05) is 0 Å². The molecule has 0 fully saturated rings. The molecule has 0 heterocycles. The van der Waals surface area contributed by atoms with Gasteiger partial charge in [0.2, 0.25) is 0 Å². The van der Waals surface area contributed by atoms with Crippen molar-refractivity contribution in [2.45, 2.75) is 25.7 Å². The fourth-order valence-corrected chi connectivity index (χ4v) is 1.15. The predicted octanol–water partition coefficient (Wildman–Crippen LogP) is 2.87. The Morgan fingerprint density at radius 1 is 1.25 bits per heavy atom. The standard InChI is InChI=1S/C12H15F3N2O3/c1-11(2,16)7-19-10(18)17-8-3-5-9(6-4-8)20-12(13,14)15/h3-6H,7,16H2,1-2H3,(H,17,18). The zero-order valence-electron chi connectivity index (χ0n) is 11.0. The quantitative estimate of drug-likeness (QED) is 0.895. The smallest absolute Gasteiger partial charge is 0.447 e. The maximum absolute atomic E-state index is 11.9. The van der Waals surface area contributed by atoms with Crippen LogP contribution in [-0.4, -0.2) is 24.6 Å². The van der Waals surface area contributed by atoms with Gasteiger partial charge in [0, 0.05) is 11.2 Å². The lowest BCUT2D eigenvalue weighted by molar-refractivity contribution is -0.274. The fraction of sp³-hybridized carbons (Fsp3) is 0.417. The Labute approximate surface area is 113 Å². The lowest BCUT2D eigenvalue weighted by Gasteiger charge is -2.18. The largest absolute Gasteiger partial charge is 0.573 e. The number of hydrogen-bond donors (Lipinski definition) is 2. The lowest BCUT2D eigenvalue weighted by Crippen LogP contribution is -2.38. The summed E-state index contributed by atoms with van der Waals surface area (Å²) < 4.78 is 44.3. The molecule has 112 valence electrons. The van der Waals surface area contributed by atoms with Crippen molar-refractivity contribution < 1.29 is 27.4 Å². The maximum atomic E-state index is 11.9. The van der Waals surface area contributed by atoms with Crippen molar-refractivity contribution in [3.63, 3.8) is 0 Å². The molecule has 1 rings (SSSR count). The first-order valence-electron chi connectivity index (χ1n) is 5.64. The first-order valence-corrected chi connectivity index (χ1v) is 5.64. The molecule has 0 saturated carbocycles. The molecule has 1 aromatic carbocycles. The van der Waals surface area contributed by atoms with E-state index in [-0.39, 0.29) is 18.0 Å². The van der Waals surface area contributed by atoms with Crippen LogP contribution in [-0.2, 0) is 4.74 Å². The van der Waals surface area contributed by atoms with Gasteiger partial charge >= 0.3 is 12.5 Å². The van der Waals surface area contributed by atoms with Crippen LogP contribution in [0.15, 0.2) is 24.3 Å². The van der Waals surface area contributed by atoms with Crippen molar-refractivity contribution in [3.05, 3.63) is 24.3 Å². The normalized spacial score (nSPS) is 11.9. The van der Waals surface area contributed by atoms with E-state index in [0.717, 1.165) is 12.1 Å². The minimum Gasteiger partial charge on any atom is -0.447 e. The molecule has 20 heavy (non-hydrogen) atoms. The Morgan fingerprint density at radius 3 is 2.25 bits per heavy atom. The third-order valence-corrected chi connectivity index (χ3v) is 1.91. The van der Waals surface area contributed by atoms with Crippen molar-refractivity contribution >= 4 is 11.8 Å². The van der Waals surface area contributed by atoms with Gasteiger partial charge in [-0.1, -0.05) is 0 Å². The van der Waals surface area contributed by atoms with Crippen LogP contribution in [0.5, 0.6) is 5.75 Å². The molecule has 0 atom stereocenters. The molecule has 0 bridgehead atoms. The average molecular weight is 292 g/mol. The molecule has 3 N–H and O–H groups in total. The number of alkyl halides is 3. The van der Waals surface area contributed by atoms with Crippen molar-refractivity contribution in [1.82, 2.24) is 0 Å². The van der Waals surface area contributed by atoms with Crippen molar-refractivity contribution in [2.75, 3.05) is 11.9 Å². The predicted molar refractivity (Wildman–Crippen MR) is 66.4 cm³/mol. The van der Waals surface area contributed by atoms with Gasteiger partial charge in [-0.3, -0.25) is 5.32 Å². The van der Waals surface area contributed by atoms with Gasteiger partial charge in [0.1, 0.15) is 12.4 Å².